The standard InChI is InChI=1S/C5H8BrNO2/c1-3-4(2-6)7(9)5(3)8/h3-4,9H,2H2,1H3. The molecule has 1 aliphatic heterocycles. The van der Waals surface area contributed by atoms with Gasteiger partial charge in [0.05, 0.1) is 12.0 Å². The van der Waals surface area contributed by atoms with Gasteiger partial charge in [-0.15, -0.1) is 0 Å². The fourth-order valence-corrected chi connectivity index (χ4v) is 1.70. The highest BCUT2D eigenvalue weighted by Gasteiger charge is 2.42. The van der Waals surface area contributed by atoms with E-state index in [1.165, 1.54) is 0 Å². The van der Waals surface area contributed by atoms with E-state index in [-0.39, 0.29) is 17.9 Å². The lowest BCUT2D eigenvalue weighted by Gasteiger charge is -2.39. The first-order chi connectivity index (χ1) is 4.18. The molecule has 0 spiro atoms. The van der Waals surface area contributed by atoms with Crippen LogP contribution in [0.25, 0.3) is 0 Å². The maximum absolute atomic E-state index is 10.6. The second-order valence-electron chi connectivity index (χ2n) is 2.19. The maximum atomic E-state index is 10.6. The number of halogens is 1. The molecular formula is C5H8BrNO2. The fourth-order valence-electron chi connectivity index (χ4n) is 0.865. The molecule has 1 saturated heterocycles. The highest BCUT2D eigenvalue weighted by Crippen LogP contribution is 2.24. The third-order valence-electron chi connectivity index (χ3n) is 1.66. The van der Waals surface area contributed by atoms with E-state index >= 15 is 0 Å². The van der Waals surface area contributed by atoms with Crippen molar-refractivity contribution in [1.82, 2.24) is 5.06 Å². The van der Waals surface area contributed by atoms with Crippen LogP contribution in [-0.4, -0.2) is 27.5 Å². The number of hydrogen-bond donors (Lipinski definition) is 1. The van der Waals surface area contributed by atoms with Crippen molar-refractivity contribution in [3.05, 3.63) is 0 Å². The lowest BCUT2D eigenvalue weighted by atomic mass is 9.94. The molecule has 1 heterocycles. The lowest BCUT2D eigenvalue weighted by molar-refractivity contribution is -0.212. The quantitative estimate of drug-likeness (QED) is 0.377. The highest BCUT2D eigenvalue weighted by molar-refractivity contribution is 9.09. The summed E-state index contributed by atoms with van der Waals surface area (Å²) in [6.07, 6.45) is 0. The van der Waals surface area contributed by atoms with Gasteiger partial charge in [0.25, 0.3) is 5.91 Å². The van der Waals surface area contributed by atoms with E-state index in [2.05, 4.69) is 15.9 Å². The molecule has 0 bridgehead atoms. The normalized spacial score (nSPS) is 34.6. The summed E-state index contributed by atoms with van der Waals surface area (Å²) in [4.78, 5) is 10.6. The van der Waals surface area contributed by atoms with Gasteiger partial charge in [-0.1, -0.05) is 22.9 Å². The molecule has 0 saturated carbocycles. The zero-order valence-corrected chi connectivity index (χ0v) is 6.63. The van der Waals surface area contributed by atoms with Gasteiger partial charge in [0, 0.05) is 5.33 Å². The molecule has 1 aliphatic rings. The summed E-state index contributed by atoms with van der Waals surface area (Å²) >= 11 is 3.18. The van der Waals surface area contributed by atoms with Crippen molar-refractivity contribution in [2.24, 2.45) is 5.92 Å². The van der Waals surface area contributed by atoms with E-state index in [0.717, 1.165) is 5.06 Å². The number of hydroxylamine groups is 2. The van der Waals surface area contributed by atoms with Gasteiger partial charge in [0.15, 0.2) is 0 Å². The van der Waals surface area contributed by atoms with Crippen molar-refractivity contribution in [3.8, 4) is 0 Å². The van der Waals surface area contributed by atoms with Crippen LogP contribution in [0.3, 0.4) is 0 Å². The number of nitrogens with zero attached hydrogens (tertiary/aromatic N) is 1. The molecular weight excluding hydrogens is 186 g/mol. The number of hydrogen-bond acceptors (Lipinski definition) is 2. The van der Waals surface area contributed by atoms with E-state index in [0.29, 0.717) is 5.33 Å². The molecule has 52 valence electrons. The number of carbonyl (C=O) groups is 1. The van der Waals surface area contributed by atoms with Crippen LogP contribution < -0.4 is 0 Å². The minimum Gasteiger partial charge on any atom is -0.286 e. The third kappa shape index (κ3) is 0.861. The van der Waals surface area contributed by atoms with Crippen LogP contribution in [-0.2, 0) is 4.79 Å². The van der Waals surface area contributed by atoms with E-state index in [9.17, 15) is 4.79 Å². The van der Waals surface area contributed by atoms with Crippen LogP contribution in [0.1, 0.15) is 6.92 Å². The molecule has 1 fully saturated rings. The minimum atomic E-state index is -0.181. The van der Waals surface area contributed by atoms with Gasteiger partial charge in [-0.25, -0.2) is 5.06 Å². The molecule has 1 N–H and O–H groups in total. The average molecular weight is 194 g/mol. The number of alkyl halides is 1. The number of amides is 1. The van der Waals surface area contributed by atoms with Gasteiger partial charge in [-0.05, 0) is 0 Å². The molecule has 2 unspecified atom stereocenters. The molecule has 0 aromatic carbocycles. The fraction of sp³-hybridized carbons (Fsp3) is 0.800. The molecule has 0 aliphatic carbocycles. The largest absolute Gasteiger partial charge is 0.286 e. The Bertz CT molecular complexity index is 127. The average Bonchev–Trinajstić information content (AvgIpc) is 1.89. The Morgan fingerprint density at radius 1 is 1.89 bits per heavy atom. The molecule has 0 aromatic rings. The van der Waals surface area contributed by atoms with Crippen molar-refractivity contribution in [2.45, 2.75) is 13.0 Å². The predicted octanol–water partition coefficient (Wildman–Crippen LogP) is 0.617. The van der Waals surface area contributed by atoms with Crippen molar-refractivity contribution in [3.63, 3.8) is 0 Å². The SMILES string of the molecule is CC1C(=O)N(O)C1CBr. The molecule has 0 aromatic heterocycles. The molecule has 2 atom stereocenters. The van der Waals surface area contributed by atoms with Crippen LogP contribution in [0.15, 0.2) is 0 Å². The summed E-state index contributed by atoms with van der Waals surface area (Å²) in [5, 5.41) is 10.2. The molecule has 1 amide bonds. The molecule has 9 heavy (non-hydrogen) atoms. The summed E-state index contributed by atoms with van der Waals surface area (Å²) in [5.74, 6) is -0.200. The summed E-state index contributed by atoms with van der Waals surface area (Å²) < 4.78 is 0. The van der Waals surface area contributed by atoms with Gasteiger partial charge >= 0.3 is 0 Å². The first-order valence-corrected chi connectivity index (χ1v) is 3.88. The Hall–Kier alpha value is -0.0900. The predicted molar refractivity (Wildman–Crippen MR) is 35.4 cm³/mol. The number of β-lactam (4-membered cyclic amide) rings is 1. The van der Waals surface area contributed by atoms with E-state index in [1.807, 2.05) is 0 Å². The van der Waals surface area contributed by atoms with Crippen LogP contribution in [0.5, 0.6) is 0 Å². The second-order valence-corrected chi connectivity index (χ2v) is 2.84. The zero-order chi connectivity index (χ0) is 7.02. The Balaban J connectivity index is 2.51. The van der Waals surface area contributed by atoms with Crippen LogP contribution in [0.4, 0.5) is 0 Å². The van der Waals surface area contributed by atoms with E-state index in [1.54, 1.807) is 6.92 Å². The Labute approximate surface area is 61.7 Å². The molecule has 3 nitrogen and oxygen atoms in total. The summed E-state index contributed by atoms with van der Waals surface area (Å²) in [7, 11) is 0. The van der Waals surface area contributed by atoms with Gasteiger partial charge in [0.2, 0.25) is 0 Å². The van der Waals surface area contributed by atoms with Gasteiger partial charge in [-0.3, -0.25) is 10.0 Å². The lowest BCUT2D eigenvalue weighted by Crippen LogP contribution is -2.58. The van der Waals surface area contributed by atoms with Gasteiger partial charge in [0.1, 0.15) is 0 Å². The van der Waals surface area contributed by atoms with Gasteiger partial charge < -0.3 is 0 Å². The molecule has 0 radical (unpaired) electrons. The monoisotopic (exact) mass is 193 g/mol. The smallest absolute Gasteiger partial charge is 0.251 e. The Morgan fingerprint density at radius 2 is 2.44 bits per heavy atom. The molecule has 1 rings (SSSR count). The third-order valence-corrected chi connectivity index (χ3v) is 2.33. The second kappa shape index (κ2) is 2.27. The van der Waals surface area contributed by atoms with E-state index < -0.39 is 0 Å². The first-order valence-electron chi connectivity index (χ1n) is 2.76. The summed E-state index contributed by atoms with van der Waals surface area (Å²) in [6.45, 7) is 1.81. The first kappa shape index (κ1) is 7.02. The zero-order valence-electron chi connectivity index (χ0n) is 5.04. The van der Waals surface area contributed by atoms with Crippen molar-refractivity contribution < 1.29 is 10.0 Å². The summed E-state index contributed by atoms with van der Waals surface area (Å²) in [5.41, 5.74) is 0. The Kier molecular flexibility index (Phi) is 1.77. The van der Waals surface area contributed by atoms with Crippen LogP contribution in [0, 0.1) is 5.92 Å². The van der Waals surface area contributed by atoms with Crippen molar-refractivity contribution in [1.29, 1.82) is 0 Å². The topological polar surface area (TPSA) is 40.5 Å². The number of rotatable bonds is 1. The Morgan fingerprint density at radius 3 is 2.67 bits per heavy atom. The maximum Gasteiger partial charge on any atom is 0.251 e. The number of carbonyl (C=O) groups excluding carboxylic acids is 1. The van der Waals surface area contributed by atoms with Crippen LogP contribution in [0.2, 0.25) is 0 Å². The van der Waals surface area contributed by atoms with Crippen molar-refractivity contribution in [2.75, 3.05) is 5.33 Å². The minimum absolute atomic E-state index is 0.0162. The van der Waals surface area contributed by atoms with Crippen molar-refractivity contribution >= 4 is 21.8 Å². The van der Waals surface area contributed by atoms with E-state index in [4.69, 9.17) is 5.21 Å². The van der Waals surface area contributed by atoms with Crippen LogP contribution >= 0.6 is 15.9 Å². The molecule has 4 heteroatoms. The highest BCUT2D eigenvalue weighted by atomic mass is 79.9. The summed E-state index contributed by atoms with van der Waals surface area (Å²) in [6, 6.07) is -0.0162. The van der Waals surface area contributed by atoms with Gasteiger partial charge in [-0.2, -0.15) is 0 Å².